The molecule has 86 valence electrons. The Labute approximate surface area is 99.2 Å². The van der Waals surface area contributed by atoms with Gasteiger partial charge in [-0.15, -0.1) is 0 Å². The number of nitrogens with one attached hydrogen (secondary N) is 1. The minimum Gasteiger partial charge on any atom is -0.478 e. The van der Waals surface area contributed by atoms with Gasteiger partial charge >= 0.3 is 5.97 Å². The lowest BCUT2D eigenvalue weighted by molar-refractivity contribution is 0.0697. The second-order valence-electron chi connectivity index (χ2n) is 3.08. The predicted octanol–water partition coefficient (Wildman–Crippen LogP) is 1.80. The second-order valence-corrected chi connectivity index (χ2v) is 3.45. The molecule has 5 heteroatoms. The summed E-state index contributed by atoms with van der Waals surface area (Å²) in [6, 6.07) is 6.60. The molecule has 0 atom stereocenters. The zero-order valence-electron chi connectivity index (χ0n) is 8.90. The van der Waals surface area contributed by atoms with E-state index < -0.39 is 5.97 Å². The molecule has 1 rings (SSSR count). The van der Waals surface area contributed by atoms with Gasteiger partial charge in [-0.2, -0.15) is 0 Å². The van der Waals surface area contributed by atoms with Crippen molar-refractivity contribution in [3.63, 3.8) is 0 Å². The van der Waals surface area contributed by atoms with E-state index in [0.29, 0.717) is 18.3 Å². The van der Waals surface area contributed by atoms with Crippen molar-refractivity contribution < 1.29 is 14.6 Å². The summed E-state index contributed by atoms with van der Waals surface area (Å²) in [5, 5.41) is 12.0. The highest BCUT2D eigenvalue weighted by Crippen LogP contribution is 2.04. The SMILES string of the molecule is CCOC(=S)NCc1ccc(C(=O)O)cc1. The van der Waals surface area contributed by atoms with Crippen LogP contribution in [0.3, 0.4) is 0 Å². The number of carbonyl (C=O) groups is 1. The molecule has 0 saturated carbocycles. The van der Waals surface area contributed by atoms with E-state index in [9.17, 15) is 4.79 Å². The highest BCUT2D eigenvalue weighted by molar-refractivity contribution is 7.80. The molecule has 0 aliphatic heterocycles. The van der Waals surface area contributed by atoms with E-state index in [-0.39, 0.29) is 5.56 Å². The third-order valence-corrected chi connectivity index (χ3v) is 2.18. The van der Waals surface area contributed by atoms with E-state index in [1.165, 1.54) is 0 Å². The largest absolute Gasteiger partial charge is 0.478 e. The van der Waals surface area contributed by atoms with Crippen LogP contribution in [0.2, 0.25) is 0 Å². The van der Waals surface area contributed by atoms with Crippen molar-refractivity contribution in [3.05, 3.63) is 35.4 Å². The van der Waals surface area contributed by atoms with Gasteiger partial charge in [-0.05, 0) is 36.8 Å². The van der Waals surface area contributed by atoms with Gasteiger partial charge in [0.15, 0.2) is 0 Å². The first kappa shape index (κ1) is 12.4. The van der Waals surface area contributed by atoms with E-state index in [2.05, 4.69) is 5.32 Å². The van der Waals surface area contributed by atoms with Gasteiger partial charge in [0.25, 0.3) is 5.17 Å². The zero-order chi connectivity index (χ0) is 12.0. The number of carboxylic acid groups (broad SMARTS) is 1. The van der Waals surface area contributed by atoms with Gasteiger partial charge in [0.1, 0.15) is 0 Å². The normalized spacial score (nSPS) is 9.56. The van der Waals surface area contributed by atoms with Crippen molar-refractivity contribution in [1.29, 1.82) is 0 Å². The lowest BCUT2D eigenvalue weighted by atomic mass is 10.1. The van der Waals surface area contributed by atoms with Crippen LogP contribution in [-0.2, 0) is 11.3 Å². The van der Waals surface area contributed by atoms with E-state index >= 15 is 0 Å². The molecule has 4 nitrogen and oxygen atoms in total. The Morgan fingerprint density at radius 3 is 2.56 bits per heavy atom. The topological polar surface area (TPSA) is 58.6 Å². The van der Waals surface area contributed by atoms with Crippen molar-refractivity contribution in [3.8, 4) is 0 Å². The molecule has 2 N–H and O–H groups in total. The van der Waals surface area contributed by atoms with Crippen molar-refractivity contribution >= 4 is 23.4 Å². The Balaban J connectivity index is 2.49. The number of benzene rings is 1. The minimum absolute atomic E-state index is 0.274. The van der Waals surface area contributed by atoms with Crippen molar-refractivity contribution in [2.75, 3.05) is 6.61 Å². The summed E-state index contributed by atoms with van der Waals surface area (Å²) in [6.07, 6.45) is 0. The van der Waals surface area contributed by atoms with Crippen LogP contribution in [0, 0.1) is 0 Å². The average molecular weight is 239 g/mol. The molecule has 0 saturated heterocycles. The first-order chi connectivity index (χ1) is 7.63. The second kappa shape index (κ2) is 6.07. The van der Waals surface area contributed by atoms with Crippen LogP contribution in [0.15, 0.2) is 24.3 Å². The smallest absolute Gasteiger partial charge is 0.335 e. The summed E-state index contributed by atoms with van der Waals surface area (Å²) >= 11 is 4.89. The molecule has 0 aromatic heterocycles. The average Bonchev–Trinajstić information content (AvgIpc) is 2.27. The van der Waals surface area contributed by atoms with Crippen LogP contribution >= 0.6 is 12.2 Å². The molecule has 0 aliphatic carbocycles. The molecule has 1 aromatic carbocycles. The number of carboxylic acids is 1. The summed E-state index contributed by atoms with van der Waals surface area (Å²) in [5.74, 6) is -0.927. The summed E-state index contributed by atoms with van der Waals surface area (Å²) in [6.45, 7) is 2.91. The highest BCUT2D eigenvalue weighted by Gasteiger charge is 2.02. The third kappa shape index (κ3) is 3.86. The Kier molecular flexibility index (Phi) is 4.72. The summed E-state index contributed by atoms with van der Waals surface area (Å²) in [4.78, 5) is 10.6. The van der Waals surface area contributed by atoms with Gasteiger partial charge in [0, 0.05) is 6.54 Å². The number of thiocarbonyl (C=S) groups is 1. The molecule has 0 radical (unpaired) electrons. The standard InChI is InChI=1S/C11H13NO3S/c1-2-15-11(16)12-7-8-3-5-9(6-4-8)10(13)14/h3-6H,2,7H2,1H3,(H,12,16)(H,13,14). The Morgan fingerprint density at radius 2 is 2.06 bits per heavy atom. The molecule has 0 bridgehead atoms. The number of rotatable bonds is 4. The van der Waals surface area contributed by atoms with E-state index in [4.69, 9.17) is 22.1 Å². The first-order valence-electron chi connectivity index (χ1n) is 4.86. The van der Waals surface area contributed by atoms with Crippen molar-refractivity contribution in [1.82, 2.24) is 5.32 Å². The predicted molar refractivity (Wildman–Crippen MR) is 64.5 cm³/mol. The lowest BCUT2D eigenvalue weighted by Crippen LogP contribution is -2.23. The molecule has 0 unspecified atom stereocenters. The van der Waals surface area contributed by atoms with Crippen LogP contribution in [-0.4, -0.2) is 22.9 Å². The molecule has 0 aliphatic rings. The molecule has 1 aromatic rings. The van der Waals surface area contributed by atoms with E-state index in [1.807, 2.05) is 6.92 Å². The van der Waals surface area contributed by atoms with Crippen molar-refractivity contribution in [2.45, 2.75) is 13.5 Å². The van der Waals surface area contributed by atoms with Crippen LogP contribution in [0.1, 0.15) is 22.8 Å². The fraction of sp³-hybridized carbons (Fsp3) is 0.273. The number of hydrogen-bond donors (Lipinski definition) is 2. The third-order valence-electron chi connectivity index (χ3n) is 1.91. The monoisotopic (exact) mass is 239 g/mol. The van der Waals surface area contributed by atoms with Crippen LogP contribution < -0.4 is 5.32 Å². The quantitative estimate of drug-likeness (QED) is 0.785. The molecular formula is C11H13NO3S. The molecule has 0 amide bonds. The van der Waals surface area contributed by atoms with E-state index in [1.54, 1.807) is 24.3 Å². The van der Waals surface area contributed by atoms with Crippen LogP contribution in [0.4, 0.5) is 0 Å². The summed E-state index contributed by atoms with van der Waals surface area (Å²) in [7, 11) is 0. The number of aromatic carboxylic acids is 1. The number of hydrogen-bond acceptors (Lipinski definition) is 3. The van der Waals surface area contributed by atoms with Gasteiger partial charge in [-0.1, -0.05) is 12.1 Å². The molecule has 0 heterocycles. The van der Waals surface area contributed by atoms with Crippen molar-refractivity contribution in [2.24, 2.45) is 0 Å². The fourth-order valence-corrected chi connectivity index (χ4v) is 1.31. The minimum atomic E-state index is -0.927. The van der Waals surface area contributed by atoms with Crippen LogP contribution in [0.25, 0.3) is 0 Å². The molecule has 0 fully saturated rings. The maximum atomic E-state index is 10.6. The molecule has 0 spiro atoms. The maximum Gasteiger partial charge on any atom is 0.335 e. The Hall–Kier alpha value is -1.62. The van der Waals surface area contributed by atoms with Crippen LogP contribution in [0.5, 0.6) is 0 Å². The first-order valence-corrected chi connectivity index (χ1v) is 5.27. The zero-order valence-corrected chi connectivity index (χ0v) is 9.71. The van der Waals surface area contributed by atoms with Gasteiger partial charge in [-0.25, -0.2) is 4.79 Å². The van der Waals surface area contributed by atoms with Gasteiger partial charge < -0.3 is 15.2 Å². The van der Waals surface area contributed by atoms with Gasteiger partial charge in [0.05, 0.1) is 12.2 Å². The number of ether oxygens (including phenoxy) is 1. The van der Waals surface area contributed by atoms with Gasteiger partial charge in [-0.3, -0.25) is 0 Å². The summed E-state index contributed by atoms with van der Waals surface area (Å²) < 4.78 is 5.05. The Morgan fingerprint density at radius 1 is 1.44 bits per heavy atom. The Bertz CT molecular complexity index is 375. The highest BCUT2D eigenvalue weighted by atomic mass is 32.1. The fourth-order valence-electron chi connectivity index (χ4n) is 1.12. The lowest BCUT2D eigenvalue weighted by Gasteiger charge is -2.07. The molecule has 16 heavy (non-hydrogen) atoms. The molecular weight excluding hydrogens is 226 g/mol. The summed E-state index contributed by atoms with van der Waals surface area (Å²) in [5.41, 5.74) is 1.23. The maximum absolute atomic E-state index is 10.6. The van der Waals surface area contributed by atoms with Gasteiger partial charge in [0.2, 0.25) is 0 Å². The van der Waals surface area contributed by atoms with E-state index in [0.717, 1.165) is 5.56 Å².